The van der Waals surface area contributed by atoms with Gasteiger partial charge in [-0.1, -0.05) is 0 Å². The first-order chi connectivity index (χ1) is 3.60. The first-order valence-corrected chi connectivity index (χ1v) is 3.74. The van der Waals surface area contributed by atoms with Gasteiger partial charge in [0.25, 0.3) is 0 Å². The molecule has 0 aliphatic carbocycles. The molecule has 0 bridgehead atoms. The summed E-state index contributed by atoms with van der Waals surface area (Å²) in [5, 5.41) is 0. The zero-order valence-electron chi connectivity index (χ0n) is 4.82. The third-order valence-electron chi connectivity index (χ3n) is 1.36. The second kappa shape index (κ2) is 2.10. The van der Waals surface area contributed by atoms with Crippen LogP contribution in [-0.2, 0) is 0 Å². The van der Waals surface area contributed by atoms with Crippen LogP contribution < -0.4 is 0 Å². The van der Waals surface area contributed by atoms with E-state index in [1.54, 1.807) is 0 Å². The molecule has 0 N–H and O–H groups in total. The summed E-state index contributed by atoms with van der Waals surface area (Å²) in [4.78, 5) is 2.01. The minimum Gasteiger partial charge on any atom is -0.302 e. The minimum absolute atomic E-state index is 0.591. The van der Waals surface area contributed by atoms with Gasteiger partial charge < -0.3 is 4.90 Å². The van der Waals surface area contributed by atoms with Gasteiger partial charge >= 0.3 is 0 Å². The molecule has 1 fully saturated rings. The molecule has 0 spiro atoms. The highest BCUT2D eigenvalue weighted by Gasteiger charge is 2.33. The van der Waals surface area contributed by atoms with Gasteiger partial charge in [-0.05, 0) is 29.6 Å². The maximum Gasteiger partial charge on any atom is 0.175 e. The van der Waals surface area contributed by atoms with Crippen LogP contribution in [0.25, 0.3) is 0 Å². The Morgan fingerprint density at radius 1 is 1.75 bits per heavy atom. The van der Waals surface area contributed by atoms with Gasteiger partial charge in [0.2, 0.25) is 0 Å². The van der Waals surface area contributed by atoms with E-state index < -0.39 is 3.68 Å². The number of likely N-dealkylation sites (tertiary alicyclic amines) is 1. The van der Waals surface area contributed by atoms with Crippen molar-refractivity contribution in [2.75, 3.05) is 20.1 Å². The topological polar surface area (TPSA) is 3.24 Å². The van der Waals surface area contributed by atoms with Gasteiger partial charge in [0.15, 0.2) is 3.68 Å². The van der Waals surface area contributed by atoms with Crippen LogP contribution in [0.15, 0.2) is 0 Å². The monoisotopic (exact) mass is 229 g/mol. The van der Waals surface area contributed by atoms with Crippen molar-refractivity contribution in [2.45, 2.75) is 10.1 Å². The SMILES string of the molecule is CN1CCC(F)(I)C1. The van der Waals surface area contributed by atoms with E-state index in [1.807, 2.05) is 34.5 Å². The van der Waals surface area contributed by atoms with E-state index in [-0.39, 0.29) is 0 Å². The lowest BCUT2D eigenvalue weighted by molar-refractivity contribution is 0.303. The van der Waals surface area contributed by atoms with Crippen LogP contribution in [0.4, 0.5) is 4.39 Å². The van der Waals surface area contributed by atoms with E-state index in [1.165, 1.54) is 0 Å². The summed E-state index contributed by atoms with van der Waals surface area (Å²) in [5.41, 5.74) is 0. The number of hydrogen-bond donors (Lipinski definition) is 0. The molecule has 3 heteroatoms. The number of nitrogens with zero attached hydrogens (tertiary/aromatic N) is 1. The first kappa shape index (κ1) is 6.74. The maximum atomic E-state index is 12.8. The molecule has 1 unspecified atom stereocenters. The predicted octanol–water partition coefficient (Wildman–Crippen LogP) is 1.42. The summed E-state index contributed by atoms with van der Waals surface area (Å²) in [6.45, 7) is 1.49. The van der Waals surface area contributed by atoms with Crippen molar-refractivity contribution in [3.63, 3.8) is 0 Å². The van der Waals surface area contributed by atoms with Crippen LogP contribution in [0.5, 0.6) is 0 Å². The molecule has 0 saturated carbocycles. The lowest BCUT2D eigenvalue weighted by Crippen LogP contribution is -2.19. The standard InChI is InChI=1S/C5H9FIN/c1-8-3-2-5(6,7)4-8/h2-4H2,1H3. The van der Waals surface area contributed by atoms with E-state index in [9.17, 15) is 4.39 Å². The molecule has 1 aliphatic heterocycles. The van der Waals surface area contributed by atoms with Gasteiger partial charge in [0, 0.05) is 19.5 Å². The average molecular weight is 229 g/mol. The van der Waals surface area contributed by atoms with Crippen molar-refractivity contribution in [3.05, 3.63) is 0 Å². The van der Waals surface area contributed by atoms with E-state index in [2.05, 4.69) is 0 Å². The molecule has 1 rings (SSSR count). The van der Waals surface area contributed by atoms with Crippen molar-refractivity contribution in [1.82, 2.24) is 4.90 Å². The van der Waals surface area contributed by atoms with Crippen LogP contribution in [-0.4, -0.2) is 28.7 Å². The molecular formula is C5H9FIN. The Hall–Kier alpha value is 0.620. The van der Waals surface area contributed by atoms with E-state index in [0.29, 0.717) is 13.0 Å². The van der Waals surface area contributed by atoms with Gasteiger partial charge in [-0.25, -0.2) is 4.39 Å². The second-order valence-corrected chi connectivity index (χ2v) is 4.28. The van der Waals surface area contributed by atoms with Gasteiger partial charge in [0.1, 0.15) is 0 Å². The molecule has 0 aromatic rings. The fourth-order valence-corrected chi connectivity index (χ4v) is 1.73. The Balaban J connectivity index is 2.44. The average Bonchev–Trinajstić information content (AvgIpc) is 1.82. The van der Waals surface area contributed by atoms with Crippen molar-refractivity contribution in [3.8, 4) is 0 Å². The van der Waals surface area contributed by atoms with E-state index in [0.717, 1.165) is 6.54 Å². The molecule has 1 aliphatic rings. The molecule has 0 radical (unpaired) electrons. The Bertz CT molecular complexity index is 94.4. The minimum atomic E-state index is -0.938. The summed E-state index contributed by atoms with van der Waals surface area (Å²) >= 11 is 1.87. The summed E-state index contributed by atoms with van der Waals surface area (Å²) in [7, 11) is 1.94. The van der Waals surface area contributed by atoms with E-state index >= 15 is 0 Å². The molecule has 0 aromatic carbocycles. The lowest BCUT2D eigenvalue weighted by atomic mass is 10.3. The van der Waals surface area contributed by atoms with Crippen LogP contribution >= 0.6 is 22.6 Å². The summed E-state index contributed by atoms with van der Waals surface area (Å²) in [6.07, 6.45) is 0.685. The normalized spacial score (nSPS) is 40.9. The molecule has 8 heavy (non-hydrogen) atoms. The molecule has 1 atom stereocenters. The highest BCUT2D eigenvalue weighted by molar-refractivity contribution is 14.1. The summed E-state index contributed by atoms with van der Waals surface area (Å²) in [5.74, 6) is 0. The van der Waals surface area contributed by atoms with Gasteiger partial charge in [-0.3, -0.25) is 0 Å². The molecule has 1 heterocycles. The smallest absolute Gasteiger partial charge is 0.175 e. The largest absolute Gasteiger partial charge is 0.302 e. The molecule has 1 saturated heterocycles. The van der Waals surface area contributed by atoms with E-state index in [4.69, 9.17) is 0 Å². The Kier molecular flexibility index (Phi) is 1.77. The molecule has 0 amide bonds. The van der Waals surface area contributed by atoms with Crippen molar-refractivity contribution in [2.24, 2.45) is 0 Å². The number of alkyl halides is 2. The highest BCUT2D eigenvalue weighted by atomic mass is 127. The predicted molar refractivity (Wildman–Crippen MR) is 40.0 cm³/mol. The van der Waals surface area contributed by atoms with Crippen LogP contribution in [0, 0.1) is 0 Å². The number of hydrogen-bond acceptors (Lipinski definition) is 1. The Morgan fingerprint density at radius 3 is 2.50 bits per heavy atom. The Labute approximate surface area is 62.4 Å². The maximum absolute atomic E-state index is 12.8. The summed E-state index contributed by atoms with van der Waals surface area (Å²) in [6, 6.07) is 0. The first-order valence-electron chi connectivity index (χ1n) is 2.66. The zero-order chi connectivity index (χ0) is 6.20. The van der Waals surface area contributed by atoms with Crippen LogP contribution in [0.2, 0.25) is 0 Å². The fraction of sp³-hybridized carbons (Fsp3) is 1.00. The highest BCUT2D eigenvalue weighted by Crippen LogP contribution is 2.30. The van der Waals surface area contributed by atoms with Crippen molar-refractivity contribution < 1.29 is 4.39 Å². The molecule has 0 aromatic heterocycles. The third kappa shape index (κ3) is 1.55. The Morgan fingerprint density at radius 2 is 2.38 bits per heavy atom. The number of halogens is 2. The third-order valence-corrected chi connectivity index (χ3v) is 2.24. The van der Waals surface area contributed by atoms with Crippen molar-refractivity contribution in [1.29, 1.82) is 0 Å². The second-order valence-electron chi connectivity index (χ2n) is 2.34. The van der Waals surface area contributed by atoms with Gasteiger partial charge in [-0.15, -0.1) is 0 Å². The zero-order valence-corrected chi connectivity index (χ0v) is 6.98. The summed E-state index contributed by atoms with van der Waals surface area (Å²) < 4.78 is 11.9. The van der Waals surface area contributed by atoms with Crippen LogP contribution in [0.3, 0.4) is 0 Å². The molecule has 1 nitrogen and oxygen atoms in total. The fourth-order valence-electron chi connectivity index (χ4n) is 0.907. The van der Waals surface area contributed by atoms with Crippen molar-refractivity contribution >= 4 is 22.6 Å². The molecular weight excluding hydrogens is 220 g/mol. The van der Waals surface area contributed by atoms with Crippen LogP contribution in [0.1, 0.15) is 6.42 Å². The van der Waals surface area contributed by atoms with Gasteiger partial charge in [-0.2, -0.15) is 0 Å². The quantitative estimate of drug-likeness (QED) is 0.448. The van der Waals surface area contributed by atoms with Gasteiger partial charge in [0.05, 0.1) is 0 Å². The molecule has 48 valence electrons. The number of rotatable bonds is 0. The lowest BCUT2D eigenvalue weighted by Gasteiger charge is -2.08.